The van der Waals surface area contributed by atoms with Crippen LogP contribution >= 0.6 is 0 Å². The van der Waals surface area contributed by atoms with Crippen LogP contribution in [0.2, 0.25) is 0 Å². The molecule has 10 heteroatoms. The number of aromatic amines is 1. The first kappa shape index (κ1) is 26.4. The summed E-state index contributed by atoms with van der Waals surface area (Å²) in [5.41, 5.74) is 2.42. The lowest BCUT2D eigenvalue weighted by molar-refractivity contribution is -0.138. The second-order valence-electron chi connectivity index (χ2n) is 9.67. The van der Waals surface area contributed by atoms with Gasteiger partial charge in [0.15, 0.2) is 0 Å². The molecule has 0 spiro atoms. The summed E-state index contributed by atoms with van der Waals surface area (Å²) in [4.78, 5) is 28.6. The van der Waals surface area contributed by atoms with E-state index in [-0.39, 0.29) is 23.5 Å². The van der Waals surface area contributed by atoms with Crippen molar-refractivity contribution in [3.05, 3.63) is 88.4 Å². The fraction of sp³-hybridized carbons (Fsp3) is 0.276. The number of nitrogens with zero attached hydrogens (tertiary/aromatic N) is 4. The molecule has 4 heterocycles. The molecule has 0 aliphatic carbocycles. The summed E-state index contributed by atoms with van der Waals surface area (Å²) in [5.74, 6) is 5.58. The average molecular weight is 533 g/mol. The van der Waals surface area contributed by atoms with Crippen LogP contribution in [0.5, 0.6) is 0 Å². The Morgan fingerprint density at radius 2 is 1.82 bits per heavy atom. The molecular formula is C29H27F3N6O. The average Bonchev–Trinajstić information content (AvgIpc) is 3.28. The molecule has 4 aromatic rings. The van der Waals surface area contributed by atoms with Crippen molar-refractivity contribution in [1.82, 2.24) is 24.8 Å². The number of fused-ring (bicyclic) bond motifs is 1. The zero-order valence-electron chi connectivity index (χ0n) is 21.6. The topological polar surface area (TPSA) is 77.1 Å². The van der Waals surface area contributed by atoms with Gasteiger partial charge in [-0.3, -0.25) is 9.69 Å². The van der Waals surface area contributed by atoms with E-state index in [1.54, 1.807) is 18.3 Å². The summed E-state index contributed by atoms with van der Waals surface area (Å²) in [6.45, 7) is 5.15. The van der Waals surface area contributed by atoms with E-state index in [2.05, 4.69) is 37.0 Å². The first-order valence-corrected chi connectivity index (χ1v) is 12.5. The number of carbonyl (C=O) groups excluding carboxylic acids is 1. The van der Waals surface area contributed by atoms with Crippen molar-refractivity contribution in [1.29, 1.82) is 0 Å². The molecule has 0 unspecified atom stereocenters. The first-order chi connectivity index (χ1) is 18.7. The number of hydrogen-bond donors (Lipinski definition) is 2. The van der Waals surface area contributed by atoms with Crippen molar-refractivity contribution in [3.63, 3.8) is 0 Å². The van der Waals surface area contributed by atoms with E-state index >= 15 is 0 Å². The van der Waals surface area contributed by atoms with E-state index in [1.807, 2.05) is 31.1 Å². The number of halogens is 3. The van der Waals surface area contributed by atoms with Crippen molar-refractivity contribution in [3.8, 4) is 11.8 Å². The highest BCUT2D eigenvalue weighted by atomic mass is 19.4. The molecule has 0 saturated carbocycles. The lowest BCUT2D eigenvalue weighted by atomic mass is 10.0. The zero-order valence-corrected chi connectivity index (χ0v) is 21.6. The van der Waals surface area contributed by atoms with Crippen molar-refractivity contribution >= 4 is 22.8 Å². The molecule has 1 aromatic carbocycles. The molecule has 1 fully saturated rings. The summed E-state index contributed by atoms with van der Waals surface area (Å²) in [6, 6.07) is 8.93. The third-order valence-electron chi connectivity index (χ3n) is 6.76. The van der Waals surface area contributed by atoms with Gasteiger partial charge >= 0.3 is 6.18 Å². The molecule has 7 nitrogen and oxygen atoms in total. The Hall–Kier alpha value is -4.20. The van der Waals surface area contributed by atoms with E-state index in [0.29, 0.717) is 18.7 Å². The predicted molar refractivity (Wildman–Crippen MR) is 143 cm³/mol. The Morgan fingerprint density at radius 3 is 2.59 bits per heavy atom. The highest BCUT2D eigenvalue weighted by molar-refractivity contribution is 6.04. The second kappa shape index (κ2) is 10.9. The van der Waals surface area contributed by atoms with Crippen LogP contribution in [0.1, 0.15) is 38.2 Å². The number of piperazine rings is 1. The van der Waals surface area contributed by atoms with E-state index in [0.717, 1.165) is 41.3 Å². The number of rotatable bonds is 4. The van der Waals surface area contributed by atoms with E-state index in [9.17, 15) is 18.0 Å². The molecule has 0 bridgehead atoms. The molecular weight excluding hydrogens is 505 g/mol. The van der Waals surface area contributed by atoms with Gasteiger partial charge in [0.25, 0.3) is 5.91 Å². The van der Waals surface area contributed by atoms with Gasteiger partial charge in [0.2, 0.25) is 0 Å². The molecule has 3 aromatic heterocycles. The highest BCUT2D eigenvalue weighted by Crippen LogP contribution is 2.33. The number of aromatic nitrogens is 3. The third-order valence-corrected chi connectivity index (χ3v) is 6.76. The van der Waals surface area contributed by atoms with Crippen LogP contribution in [0.15, 0.2) is 55.0 Å². The van der Waals surface area contributed by atoms with Crippen LogP contribution in [0.25, 0.3) is 11.0 Å². The normalized spacial score (nSPS) is 14.7. The number of nitrogens with one attached hydrogen (secondary N) is 2. The maximum atomic E-state index is 13.9. The smallest absolute Gasteiger partial charge is 0.346 e. The standard InChI is InChI=1S/C29H27F3N6O/c1-19-16-34-27-24(19)13-21(17-35-27)4-3-20-7-8-33-26(14-20)36-28(39)22-5-6-23(25(15-22)29(30,31)32)18-38-11-9-37(2)10-12-38/h5-8,13-17H,9-12,18H2,1-2H3,(H,34,35)(H,33,36,39). The number of anilines is 1. The maximum Gasteiger partial charge on any atom is 0.416 e. The van der Waals surface area contributed by atoms with Gasteiger partial charge in [-0.05, 0) is 55.4 Å². The Labute approximate surface area is 224 Å². The van der Waals surface area contributed by atoms with Crippen molar-refractivity contribution < 1.29 is 18.0 Å². The third kappa shape index (κ3) is 6.28. The van der Waals surface area contributed by atoms with Crippen LogP contribution in [0.3, 0.4) is 0 Å². The fourth-order valence-corrected chi connectivity index (χ4v) is 4.48. The lowest BCUT2D eigenvalue weighted by Crippen LogP contribution is -2.44. The summed E-state index contributed by atoms with van der Waals surface area (Å²) in [6.07, 6.45) is 0.451. The number of alkyl halides is 3. The van der Waals surface area contributed by atoms with Gasteiger partial charge in [-0.2, -0.15) is 13.2 Å². The van der Waals surface area contributed by atoms with Gasteiger partial charge in [0.1, 0.15) is 11.5 Å². The second-order valence-corrected chi connectivity index (χ2v) is 9.67. The summed E-state index contributed by atoms with van der Waals surface area (Å²) in [7, 11) is 1.99. The molecule has 5 rings (SSSR count). The fourth-order valence-electron chi connectivity index (χ4n) is 4.48. The Morgan fingerprint density at radius 1 is 1.05 bits per heavy atom. The van der Waals surface area contributed by atoms with Gasteiger partial charge in [-0.15, -0.1) is 0 Å². The number of benzene rings is 1. The van der Waals surface area contributed by atoms with Crippen LogP contribution in [-0.2, 0) is 12.7 Å². The van der Waals surface area contributed by atoms with Crippen LogP contribution < -0.4 is 5.32 Å². The summed E-state index contributed by atoms with van der Waals surface area (Å²) in [5, 5.41) is 3.58. The van der Waals surface area contributed by atoms with Crippen molar-refractivity contribution in [2.45, 2.75) is 19.6 Å². The number of likely N-dealkylation sites (N-methyl/N-ethyl adjacent to an activating group) is 1. The minimum absolute atomic E-state index is 0.0935. The van der Waals surface area contributed by atoms with Crippen molar-refractivity contribution in [2.75, 3.05) is 38.5 Å². The summed E-state index contributed by atoms with van der Waals surface area (Å²) < 4.78 is 41.7. The van der Waals surface area contributed by atoms with E-state index in [1.165, 1.54) is 18.3 Å². The minimum Gasteiger partial charge on any atom is -0.346 e. The van der Waals surface area contributed by atoms with Gasteiger partial charge in [-0.1, -0.05) is 17.9 Å². The molecule has 0 radical (unpaired) electrons. The Balaban J connectivity index is 1.31. The SMILES string of the molecule is Cc1c[nH]c2ncc(C#Cc3ccnc(NC(=O)c4ccc(CN5CCN(C)CC5)c(C(F)(F)F)c4)c3)cc12. The molecule has 1 aliphatic rings. The van der Waals surface area contributed by atoms with E-state index in [4.69, 9.17) is 0 Å². The van der Waals surface area contributed by atoms with Gasteiger partial charge < -0.3 is 15.2 Å². The molecule has 1 amide bonds. The maximum absolute atomic E-state index is 13.9. The number of hydrogen-bond acceptors (Lipinski definition) is 5. The lowest BCUT2D eigenvalue weighted by Gasteiger charge is -2.33. The monoisotopic (exact) mass is 532 g/mol. The zero-order chi connectivity index (χ0) is 27.6. The molecule has 39 heavy (non-hydrogen) atoms. The largest absolute Gasteiger partial charge is 0.416 e. The quantitative estimate of drug-likeness (QED) is 0.373. The first-order valence-electron chi connectivity index (χ1n) is 12.5. The van der Waals surface area contributed by atoms with E-state index < -0.39 is 17.6 Å². The molecule has 1 saturated heterocycles. The van der Waals surface area contributed by atoms with Crippen LogP contribution in [-0.4, -0.2) is 63.9 Å². The number of aryl methyl sites for hydroxylation is 1. The van der Waals surface area contributed by atoms with Gasteiger partial charge in [0, 0.05) is 73.4 Å². The number of amides is 1. The van der Waals surface area contributed by atoms with Crippen LogP contribution in [0, 0.1) is 18.8 Å². The summed E-state index contributed by atoms with van der Waals surface area (Å²) >= 11 is 0. The van der Waals surface area contributed by atoms with Gasteiger partial charge in [-0.25, -0.2) is 9.97 Å². The predicted octanol–water partition coefficient (Wildman–Crippen LogP) is 4.68. The highest BCUT2D eigenvalue weighted by Gasteiger charge is 2.34. The molecule has 1 aliphatic heterocycles. The molecule has 2 N–H and O–H groups in total. The Bertz CT molecular complexity index is 1580. The number of carbonyl (C=O) groups is 1. The molecule has 0 atom stereocenters. The molecule has 200 valence electrons. The van der Waals surface area contributed by atoms with Crippen LogP contribution in [0.4, 0.5) is 19.0 Å². The Kier molecular flexibility index (Phi) is 7.37. The van der Waals surface area contributed by atoms with Crippen molar-refractivity contribution in [2.24, 2.45) is 0 Å². The number of pyridine rings is 2. The number of H-pyrrole nitrogens is 1. The van der Waals surface area contributed by atoms with Gasteiger partial charge in [0.05, 0.1) is 5.56 Å². The minimum atomic E-state index is -4.58.